The molecule has 0 spiro atoms. The van der Waals surface area contributed by atoms with E-state index in [4.69, 9.17) is 4.74 Å². The lowest BCUT2D eigenvalue weighted by Crippen LogP contribution is -2.45. The molecule has 2 amide bonds. The van der Waals surface area contributed by atoms with Crippen LogP contribution in [0.4, 0.5) is 5.69 Å². The predicted octanol–water partition coefficient (Wildman–Crippen LogP) is 1.76. The summed E-state index contributed by atoms with van der Waals surface area (Å²) < 4.78 is 5.98. The molecule has 3 saturated heterocycles. The van der Waals surface area contributed by atoms with E-state index in [1.807, 2.05) is 29.2 Å². The average Bonchev–Trinajstić information content (AvgIpc) is 3.30. The number of rotatable bonds is 2. The lowest BCUT2D eigenvalue weighted by atomic mass is 9.82. The highest BCUT2D eigenvalue weighted by molar-refractivity contribution is 8.00. The first-order valence-corrected chi connectivity index (χ1v) is 9.65. The Hall–Kier alpha value is -1.53. The highest BCUT2D eigenvalue weighted by atomic mass is 32.2. The number of anilines is 1. The number of carbonyl (C=O) groups is 2. The second-order valence-corrected chi connectivity index (χ2v) is 8.17. The highest BCUT2D eigenvalue weighted by Gasteiger charge is 2.53. The molecule has 0 saturated carbocycles. The Morgan fingerprint density at radius 2 is 1.88 bits per heavy atom. The Bertz CT molecular complexity index is 691. The number of thioether (sulfide) groups is 1. The van der Waals surface area contributed by atoms with Crippen LogP contribution in [-0.2, 0) is 14.3 Å². The number of fused-ring (bicyclic) bond motifs is 6. The van der Waals surface area contributed by atoms with E-state index >= 15 is 0 Å². The maximum atomic E-state index is 12.8. The fraction of sp³-hybridized carbons (Fsp3) is 0.556. The standard InChI is InChI=1S/C18H20N2O3S/c21-17(19-7-11-12(8-19)15-6-5-14(11)23-15)9-20-13-3-1-2-4-16(13)24-10-18(20)22/h1-4,11-12,14-15H,5-10H2/t11-,12+,14+,15-. The zero-order chi connectivity index (χ0) is 16.3. The third kappa shape index (κ3) is 2.19. The van der Waals surface area contributed by atoms with Crippen molar-refractivity contribution in [1.29, 1.82) is 0 Å². The van der Waals surface area contributed by atoms with E-state index in [-0.39, 0.29) is 18.4 Å². The zero-order valence-electron chi connectivity index (χ0n) is 13.4. The van der Waals surface area contributed by atoms with Crippen molar-refractivity contribution in [3.8, 4) is 0 Å². The molecule has 0 N–H and O–H groups in total. The van der Waals surface area contributed by atoms with Crippen molar-refractivity contribution in [2.24, 2.45) is 11.8 Å². The number of likely N-dealkylation sites (tertiary alicyclic amines) is 1. The normalized spacial score (nSPS) is 33.8. The summed E-state index contributed by atoms with van der Waals surface area (Å²) in [6.07, 6.45) is 2.99. The van der Waals surface area contributed by atoms with Gasteiger partial charge in [0, 0.05) is 29.8 Å². The van der Waals surface area contributed by atoms with E-state index in [2.05, 4.69) is 0 Å². The van der Waals surface area contributed by atoms with Gasteiger partial charge in [-0.2, -0.15) is 0 Å². The van der Waals surface area contributed by atoms with Gasteiger partial charge in [-0.05, 0) is 25.0 Å². The topological polar surface area (TPSA) is 49.9 Å². The molecule has 4 aliphatic rings. The lowest BCUT2D eigenvalue weighted by molar-refractivity contribution is -0.131. The molecule has 2 bridgehead atoms. The smallest absolute Gasteiger partial charge is 0.242 e. The lowest BCUT2D eigenvalue weighted by Gasteiger charge is -2.30. The van der Waals surface area contributed by atoms with Crippen LogP contribution in [0.2, 0.25) is 0 Å². The summed E-state index contributed by atoms with van der Waals surface area (Å²) >= 11 is 1.55. The van der Waals surface area contributed by atoms with Crippen molar-refractivity contribution >= 4 is 29.3 Å². The summed E-state index contributed by atoms with van der Waals surface area (Å²) in [5, 5.41) is 0. The molecule has 4 aliphatic heterocycles. The van der Waals surface area contributed by atoms with Crippen molar-refractivity contribution < 1.29 is 14.3 Å². The summed E-state index contributed by atoms with van der Waals surface area (Å²) in [4.78, 5) is 29.8. The number of para-hydroxylation sites is 1. The Balaban J connectivity index is 1.32. The molecular formula is C18H20N2O3S. The van der Waals surface area contributed by atoms with Crippen LogP contribution in [0.3, 0.4) is 0 Å². The molecule has 3 fully saturated rings. The SMILES string of the molecule is O=C(CN1C(=O)CSc2ccccc21)N1C[C@@H]2[C@H](C1)[C@H]1CC[C@@H]2O1. The first-order valence-electron chi connectivity index (χ1n) is 8.66. The minimum Gasteiger partial charge on any atom is -0.374 e. The van der Waals surface area contributed by atoms with Gasteiger partial charge in [-0.15, -0.1) is 11.8 Å². The zero-order valence-corrected chi connectivity index (χ0v) is 14.2. The van der Waals surface area contributed by atoms with Gasteiger partial charge in [0.1, 0.15) is 6.54 Å². The largest absolute Gasteiger partial charge is 0.374 e. The second kappa shape index (κ2) is 5.49. The molecule has 24 heavy (non-hydrogen) atoms. The maximum Gasteiger partial charge on any atom is 0.242 e. The van der Waals surface area contributed by atoms with Gasteiger partial charge in [0.05, 0.1) is 23.6 Å². The van der Waals surface area contributed by atoms with Crippen molar-refractivity contribution in [3.63, 3.8) is 0 Å². The molecule has 126 valence electrons. The molecule has 1 aromatic carbocycles. The summed E-state index contributed by atoms with van der Waals surface area (Å²) in [5.41, 5.74) is 0.870. The number of amides is 2. The Kier molecular flexibility index (Phi) is 3.38. The molecule has 1 aromatic rings. The van der Waals surface area contributed by atoms with E-state index in [1.54, 1.807) is 16.7 Å². The molecule has 4 heterocycles. The minimum absolute atomic E-state index is 0.0230. The number of benzene rings is 1. The van der Waals surface area contributed by atoms with Gasteiger partial charge in [-0.25, -0.2) is 0 Å². The first-order chi connectivity index (χ1) is 11.7. The van der Waals surface area contributed by atoms with Crippen molar-refractivity contribution in [2.75, 3.05) is 30.3 Å². The van der Waals surface area contributed by atoms with Gasteiger partial charge in [0.15, 0.2) is 0 Å². The molecule has 0 aromatic heterocycles. The monoisotopic (exact) mass is 344 g/mol. The van der Waals surface area contributed by atoms with Gasteiger partial charge in [-0.1, -0.05) is 12.1 Å². The fourth-order valence-electron chi connectivity index (χ4n) is 4.73. The van der Waals surface area contributed by atoms with Crippen molar-refractivity contribution in [2.45, 2.75) is 29.9 Å². The molecule has 0 aliphatic carbocycles. The Labute approximate surface area is 145 Å². The minimum atomic E-state index is 0.0230. The Morgan fingerprint density at radius 3 is 2.62 bits per heavy atom. The summed E-state index contributed by atoms with van der Waals surface area (Å²) in [6.45, 7) is 1.75. The molecule has 6 heteroatoms. The third-order valence-corrected chi connectivity index (χ3v) is 6.95. The van der Waals surface area contributed by atoms with Crippen LogP contribution >= 0.6 is 11.8 Å². The van der Waals surface area contributed by atoms with E-state index in [9.17, 15) is 9.59 Å². The highest BCUT2D eigenvalue weighted by Crippen LogP contribution is 2.47. The van der Waals surface area contributed by atoms with E-state index in [1.165, 1.54) is 0 Å². The van der Waals surface area contributed by atoms with Crippen LogP contribution in [0.15, 0.2) is 29.2 Å². The molecular weight excluding hydrogens is 324 g/mol. The summed E-state index contributed by atoms with van der Waals surface area (Å²) in [7, 11) is 0. The number of hydrogen-bond acceptors (Lipinski definition) is 4. The second-order valence-electron chi connectivity index (χ2n) is 7.15. The first kappa shape index (κ1) is 14.8. The van der Waals surface area contributed by atoms with E-state index in [0.29, 0.717) is 29.8 Å². The van der Waals surface area contributed by atoms with Crippen LogP contribution in [0.5, 0.6) is 0 Å². The third-order valence-electron chi connectivity index (χ3n) is 5.91. The number of nitrogens with zero attached hydrogens (tertiary/aromatic N) is 2. The van der Waals surface area contributed by atoms with Gasteiger partial charge in [0.25, 0.3) is 0 Å². The number of ether oxygens (including phenoxy) is 1. The fourth-order valence-corrected chi connectivity index (χ4v) is 5.66. The van der Waals surface area contributed by atoms with Crippen LogP contribution in [0.25, 0.3) is 0 Å². The number of hydrogen-bond donors (Lipinski definition) is 0. The van der Waals surface area contributed by atoms with Gasteiger partial charge in [0.2, 0.25) is 11.8 Å². The molecule has 0 unspecified atom stereocenters. The van der Waals surface area contributed by atoms with Crippen LogP contribution in [0.1, 0.15) is 12.8 Å². The van der Waals surface area contributed by atoms with E-state index < -0.39 is 0 Å². The molecule has 5 nitrogen and oxygen atoms in total. The predicted molar refractivity (Wildman–Crippen MR) is 91.0 cm³/mol. The van der Waals surface area contributed by atoms with Gasteiger partial charge in [-0.3, -0.25) is 9.59 Å². The summed E-state index contributed by atoms with van der Waals surface area (Å²) in [5.74, 6) is 1.52. The van der Waals surface area contributed by atoms with Crippen molar-refractivity contribution in [1.82, 2.24) is 4.90 Å². The Morgan fingerprint density at radius 1 is 1.17 bits per heavy atom. The van der Waals surface area contributed by atoms with Crippen molar-refractivity contribution in [3.05, 3.63) is 24.3 Å². The molecule has 5 rings (SSSR count). The average molecular weight is 344 g/mol. The maximum absolute atomic E-state index is 12.8. The van der Waals surface area contributed by atoms with Gasteiger partial charge < -0.3 is 14.5 Å². The molecule has 0 radical (unpaired) electrons. The van der Waals surface area contributed by atoms with Crippen LogP contribution < -0.4 is 4.90 Å². The van der Waals surface area contributed by atoms with Gasteiger partial charge >= 0.3 is 0 Å². The van der Waals surface area contributed by atoms with E-state index in [0.717, 1.165) is 36.5 Å². The van der Waals surface area contributed by atoms with Crippen LogP contribution in [-0.4, -0.2) is 54.3 Å². The molecule has 4 atom stereocenters. The number of carbonyl (C=O) groups excluding carboxylic acids is 2. The summed E-state index contributed by atoms with van der Waals surface area (Å²) in [6, 6.07) is 7.84. The van der Waals surface area contributed by atoms with Crippen LogP contribution in [0, 0.1) is 11.8 Å². The quantitative estimate of drug-likeness (QED) is 0.820.